The molecule has 0 saturated carbocycles. The summed E-state index contributed by atoms with van der Waals surface area (Å²) < 4.78 is 5.00. The Morgan fingerprint density at radius 2 is 1.84 bits per heavy atom. The number of thioether (sulfide) groups is 1. The van der Waals surface area contributed by atoms with Gasteiger partial charge in [-0.1, -0.05) is 11.8 Å². The van der Waals surface area contributed by atoms with Crippen LogP contribution in [0.3, 0.4) is 0 Å². The van der Waals surface area contributed by atoms with Crippen molar-refractivity contribution in [3.8, 4) is 0 Å². The summed E-state index contributed by atoms with van der Waals surface area (Å²) in [5.41, 5.74) is 2.52. The minimum atomic E-state index is -0.497. The van der Waals surface area contributed by atoms with Crippen molar-refractivity contribution in [3.63, 3.8) is 0 Å². The van der Waals surface area contributed by atoms with E-state index in [1.54, 1.807) is 6.92 Å². The number of fused-ring (bicyclic) bond motifs is 1. The van der Waals surface area contributed by atoms with Crippen LogP contribution < -0.4 is 0 Å². The summed E-state index contributed by atoms with van der Waals surface area (Å²) in [6.45, 7) is 5.72. The van der Waals surface area contributed by atoms with Crippen molar-refractivity contribution in [1.29, 1.82) is 0 Å². The molecular weight excluding hydrogens is 264 g/mol. The first-order valence-electron chi connectivity index (χ1n) is 5.81. The Hall–Kier alpha value is -1.76. The first-order chi connectivity index (χ1) is 9.06. The van der Waals surface area contributed by atoms with Crippen molar-refractivity contribution in [1.82, 2.24) is 19.9 Å². The maximum Gasteiger partial charge on any atom is 0.359 e. The molecule has 0 N–H and O–H groups in total. The normalized spacial score (nSPS) is 10.7. The SMILES string of the molecule is CCOC(=O)c1nc(SC)nc2nc(C)c(C)nc12. The van der Waals surface area contributed by atoms with Gasteiger partial charge in [-0.15, -0.1) is 0 Å². The molecule has 2 aromatic heterocycles. The number of carbonyl (C=O) groups excluding carboxylic acids is 1. The first-order valence-corrected chi connectivity index (χ1v) is 7.03. The molecule has 7 heteroatoms. The number of esters is 1. The van der Waals surface area contributed by atoms with E-state index in [4.69, 9.17) is 4.74 Å². The Balaban J connectivity index is 2.72. The minimum Gasteiger partial charge on any atom is -0.461 e. The summed E-state index contributed by atoms with van der Waals surface area (Å²) in [7, 11) is 0. The zero-order valence-corrected chi connectivity index (χ0v) is 12.0. The lowest BCUT2D eigenvalue weighted by atomic mass is 10.3. The number of hydrogen-bond donors (Lipinski definition) is 0. The van der Waals surface area contributed by atoms with Gasteiger partial charge in [0.25, 0.3) is 0 Å². The highest BCUT2D eigenvalue weighted by Crippen LogP contribution is 2.18. The van der Waals surface area contributed by atoms with E-state index in [2.05, 4.69) is 19.9 Å². The van der Waals surface area contributed by atoms with Gasteiger partial charge in [0.15, 0.2) is 16.5 Å². The predicted octanol–water partition coefficient (Wildman–Crippen LogP) is 1.94. The van der Waals surface area contributed by atoms with Crippen molar-refractivity contribution in [2.75, 3.05) is 12.9 Å². The number of aryl methyl sites for hydroxylation is 2. The van der Waals surface area contributed by atoms with Gasteiger partial charge >= 0.3 is 5.97 Å². The Kier molecular flexibility index (Phi) is 3.94. The van der Waals surface area contributed by atoms with Crippen molar-refractivity contribution in [2.45, 2.75) is 25.9 Å². The number of carbonyl (C=O) groups is 1. The van der Waals surface area contributed by atoms with Gasteiger partial charge in [0.05, 0.1) is 18.0 Å². The average Bonchev–Trinajstić information content (AvgIpc) is 2.39. The van der Waals surface area contributed by atoms with E-state index in [1.165, 1.54) is 11.8 Å². The van der Waals surface area contributed by atoms with Crippen LogP contribution in [0.1, 0.15) is 28.8 Å². The molecule has 0 aromatic carbocycles. The molecule has 0 amide bonds. The minimum absolute atomic E-state index is 0.173. The van der Waals surface area contributed by atoms with E-state index >= 15 is 0 Å². The van der Waals surface area contributed by atoms with Crippen LogP contribution in [0.5, 0.6) is 0 Å². The summed E-state index contributed by atoms with van der Waals surface area (Å²) in [6, 6.07) is 0. The summed E-state index contributed by atoms with van der Waals surface area (Å²) in [5.74, 6) is -0.497. The van der Waals surface area contributed by atoms with Crippen LogP contribution in [0.15, 0.2) is 5.16 Å². The topological polar surface area (TPSA) is 77.9 Å². The van der Waals surface area contributed by atoms with Crippen molar-refractivity contribution in [2.24, 2.45) is 0 Å². The number of nitrogens with zero attached hydrogens (tertiary/aromatic N) is 4. The van der Waals surface area contributed by atoms with Gasteiger partial charge in [-0.05, 0) is 27.0 Å². The van der Waals surface area contributed by atoms with Crippen LogP contribution in [-0.4, -0.2) is 38.8 Å². The molecule has 0 saturated heterocycles. The van der Waals surface area contributed by atoms with E-state index in [0.717, 1.165) is 11.4 Å². The van der Waals surface area contributed by atoms with E-state index in [-0.39, 0.29) is 12.3 Å². The predicted molar refractivity (Wildman–Crippen MR) is 72.3 cm³/mol. The van der Waals surface area contributed by atoms with E-state index in [0.29, 0.717) is 16.3 Å². The molecule has 100 valence electrons. The Morgan fingerprint density at radius 1 is 1.16 bits per heavy atom. The average molecular weight is 278 g/mol. The molecule has 0 aliphatic carbocycles. The summed E-state index contributed by atoms with van der Waals surface area (Å²) in [4.78, 5) is 29.1. The van der Waals surface area contributed by atoms with Crippen LogP contribution in [0.25, 0.3) is 11.2 Å². The zero-order valence-electron chi connectivity index (χ0n) is 11.2. The lowest BCUT2D eigenvalue weighted by molar-refractivity contribution is 0.0520. The molecule has 2 rings (SSSR count). The molecule has 0 aliphatic heterocycles. The highest BCUT2D eigenvalue weighted by atomic mass is 32.2. The summed E-state index contributed by atoms with van der Waals surface area (Å²) in [6.07, 6.45) is 1.84. The fraction of sp³-hybridized carbons (Fsp3) is 0.417. The van der Waals surface area contributed by atoms with Gasteiger partial charge in [-0.2, -0.15) is 0 Å². The molecule has 0 fully saturated rings. The second-order valence-corrected chi connectivity index (χ2v) is 4.62. The van der Waals surface area contributed by atoms with Gasteiger partial charge in [-0.3, -0.25) is 0 Å². The summed E-state index contributed by atoms with van der Waals surface area (Å²) in [5, 5.41) is 0.480. The van der Waals surface area contributed by atoms with Crippen LogP contribution in [0.2, 0.25) is 0 Å². The van der Waals surface area contributed by atoms with E-state index < -0.39 is 5.97 Å². The summed E-state index contributed by atoms with van der Waals surface area (Å²) >= 11 is 1.35. The molecule has 0 spiro atoms. The third kappa shape index (κ3) is 2.65. The standard InChI is InChI=1S/C12H14N4O2S/c1-5-18-11(17)9-8-10(16-12(15-9)19-4)14-7(3)6(2)13-8/h5H2,1-4H3. The van der Waals surface area contributed by atoms with Gasteiger partial charge in [-0.25, -0.2) is 24.7 Å². The maximum absolute atomic E-state index is 11.9. The molecule has 0 atom stereocenters. The lowest BCUT2D eigenvalue weighted by Crippen LogP contribution is -2.11. The van der Waals surface area contributed by atoms with Gasteiger partial charge < -0.3 is 4.74 Å². The molecule has 0 radical (unpaired) electrons. The van der Waals surface area contributed by atoms with Crippen LogP contribution in [-0.2, 0) is 4.74 Å². The Bertz CT molecular complexity index is 645. The number of hydrogen-bond acceptors (Lipinski definition) is 7. The van der Waals surface area contributed by atoms with Crippen LogP contribution >= 0.6 is 11.8 Å². The van der Waals surface area contributed by atoms with E-state index in [1.807, 2.05) is 20.1 Å². The largest absolute Gasteiger partial charge is 0.461 e. The number of rotatable bonds is 3. The maximum atomic E-state index is 11.9. The quantitative estimate of drug-likeness (QED) is 0.482. The molecule has 2 aromatic rings. The molecule has 0 bridgehead atoms. The fourth-order valence-electron chi connectivity index (χ4n) is 1.53. The molecular formula is C12H14N4O2S. The fourth-order valence-corrected chi connectivity index (χ4v) is 1.89. The number of ether oxygens (including phenoxy) is 1. The third-order valence-corrected chi connectivity index (χ3v) is 3.12. The molecule has 0 unspecified atom stereocenters. The molecule has 6 nitrogen and oxygen atoms in total. The molecule has 0 aliphatic rings. The Morgan fingerprint density at radius 3 is 2.47 bits per heavy atom. The third-order valence-electron chi connectivity index (χ3n) is 2.57. The lowest BCUT2D eigenvalue weighted by Gasteiger charge is -2.07. The first kappa shape index (κ1) is 13.7. The smallest absolute Gasteiger partial charge is 0.359 e. The van der Waals surface area contributed by atoms with Gasteiger partial charge in [0, 0.05) is 0 Å². The van der Waals surface area contributed by atoms with Crippen LogP contribution in [0.4, 0.5) is 0 Å². The van der Waals surface area contributed by atoms with E-state index in [9.17, 15) is 4.79 Å². The second-order valence-electron chi connectivity index (χ2n) is 3.85. The zero-order chi connectivity index (χ0) is 14.0. The second kappa shape index (κ2) is 5.48. The highest BCUT2D eigenvalue weighted by Gasteiger charge is 2.18. The highest BCUT2D eigenvalue weighted by molar-refractivity contribution is 7.98. The Labute approximate surface area is 115 Å². The molecule has 2 heterocycles. The monoisotopic (exact) mass is 278 g/mol. The van der Waals surface area contributed by atoms with Gasteiger partial charge in [0.1, 0.15) is 5.52 Å². The van der Waals surface area contributed by atoms with Gasteiger partial charge in [0.2, 0.25) is 0 Å². The molecule has 19 heavy (non-hydrogen) atoms. The van der Waals surface area contributed by atoms with Crippen molar-refractivity contribution in [3.05, 3.63) is 17.1 Å². The van der Waals surface area contributed by atoms with Crippen LogP contribution in [0, 0.1) is 13.8 Å². The van der Waals surface area contributed by atoms with Crippen molar-refractivity contribution < 1.29 is 9.53 Å². The van der Waals surface area contributed by atoms with Crippen molar-refractivity contribution >= 4 is 28.9 Å². The number of aromatic nitrogens is 4.